The first kappa shape index (κ1) is 11.7. The van der Waals surface area contributed by atoms with Gasteiger partial charge in [-0.1, -0.05) is 32.1 Å². The summed E-state index contributed by atoms with van der Waals surface area (Å²) in [5.74, 6) is 1.61. The minimum absolute atomic E-state index is 0.671. The van der Waals surface area contributed by atoms with Crippen LogP contribution < -0.4 is 11.1 Å². The van der Waals surface area contributed by atoms with Crippen LogP contribution in [0.1, 0.15) is 44.1 Å². The fourth-order valence-electron chi connectivity index (χ4n) is 2.38. The van der Waals surface area contributed by atoms with Crippen molar-refractivity contribution in [2.24, 2.45) is 5.92 Å². The van der Waals surface area contributed by atoms with Gasteiger partial charge in [0, 0.05) is 12.1 Å². The number of nitrogens with zero attached hydrogens (tertiary/aromatic N) is 1. The molecule has 0 saturated heterocycles. The van der Waals surface area contributed by atoms with Crippen LogP contribution in [0.25, 0.3) is 0 Å². The largest absolute Gasteiger partial charge is 0.383 e. The summed E-state index contributed by atoms with van der Waals surface area (Å²) in [6, 6.07) is 0. The van der Waals surface area contributed by atoms with E-state index in [4.69, 9.17) is 5.73 Å². The maximum absolute atomic E-state index is 5.71. The van der Waals surface area contributed by atoms with Crippen LogP contribution in [0.4, 0.5) is 10.8 Å². The number of hydrogen-bond donors (Lipinski definition) is 2. The third-order valence-corrected chi connectivity index (χ3v) is 4.44. The van der Waals surface area contributed by atoms with Gasteiger partial charge in [-0.25, -0.2) is 0 Å². The monoisotopic (exact) mass is 239 g/mol. The van der Waals surface area contributed by atoms with E-state index in [1.807, 2.05) is 6.92 Å². The molecule has 0 aromatic carbocycles. The molecule has 1 aromatic heterocycles. The van der Waals surface area contributed by atoms with Crippen LogP contribution >= 0.6 is 11.5 Å². The Hall–Kier alpha value is -0.770. The highest BCUT2D eigenvalue weighted by Gasteiger charge is 2.13. The number of nitrogens with one attached hydrogen (secondary N) is 1. The molecule has 16 heavy (non-hydrogen) atoms. The molecule has 4 heteroatoms. The summed E-state index contributed by atoms with van der Waals surface area (Å²) in [5.41, 5.74) is 6.82. The zero-order chi connectivity index (χ0) is 11.4. The van der Waals surface area contributed by atoms with Gasteiger partial charge in [0.15, 0.2) is 0 Å². The van der Waals surface area contributed by atoms with Gasteiger partial charge < -0.3 is 11.1 Å². The lowest BCUT2D eigenvalue weighted by atomic mass is 9.87. The zero-order valence-corrected chi connectivity index (χ0v) is 10.8. The van der Waals surface area contributed by atoms with E-state index in [-0.39, 0.29) is 0 Å². The molecule has 1 fully saturated rings. The molecule has 1 aliphatic rings. The van der Waals surface area contributed by atoms with Crippen LogP contribution in [0.15, 0.2) is 0 Å². The summed E-state index contributed by atoms with van der Waals surface area (Å²) >= 11 is 1.48. The molecule has 0 radical (unpaired) electrons. The molecular weight excluding hydrogens is 218 g/mol. The molecule has 90 valence electrons. The van der Waals surface area contributed by atoms with Gasteiger partial charge in [0.2, 0.25) is 0 Å². The Bertz CT molecular complexity index is 329. The van der Waals surface area contributed by atoms with Gasteiger partial charge >= 0.3 is 0 Å². The van der Waals surface area contributed by atoms with Crippen LogP contribution in [-0.2, 0) is 0 Å². The third-order valence-electron chi connectivity index (χ3n) is 3.52. The van der Waals surface area contributed by atoms with E-state index in [1.165, 1.54) is 50.1 Å². The second kappa shape index (κ2) is 5.53. The molecule has 0 amide bonds. The third kappa shape index (κ3) is 2.88. The molecule has 3 N–H and O–H groups in total. The van der Waals surface area contributed by atoms with Crippen molar-refractivity contribution in [2.75, 3.05) is 17.6 Å². The highest BCUT2D eigenvalue weighted by molar-refractivity contribution is 7.10. The van der Waals surface area contributed by atoms with Crippen molar-refractivity contribution < 1.29 is 0 Å². The molecule has 0 spiro atoms. The minimum atomic E-state index is 0.671. The lowest BCUT2D eigenvalue weighted by Crippen LogP contribution is -2.12. The first-order chi connectivity index (χ1) is 7.77. The lowest BCUT2D eigenvalue weighted by molar-refractivity contribution is 0.345. The number of rotatable bonds is 4. The summed E-state index contributed by atoms with van der Waals surface area (Å²) in [7, 11) is 0. The second-order valence-electron chi connectivity index (χ2n) is 4.74. The van der Waals surface area contributed by atoms with E-state index in [0.717, 1.165) is 23.0 Å². The summed E-state index contributed by atoms with van der Waals surface area (Å²) in [4.78, 5) is 0. The average Bonchev–Trinajstić information content (AvgIpc) is 2.62. The van der Waals surface area contributed by atoms with Gasteiger partial charge in [-0.05, 0) is 30.8 Å². The van der Waals surface area contributed by atoms with Gasteiger partial charge in [0.1, 0.15) is 10.8 Å². The number of hydrogen-bond acceptors (Lipinski definition) is 4. The van der Waals surface area contributed by atoms with Crippen LogP contribution in [0.3, 0.4) is 0 Å². The SMILES string of the molecule is Cc1c(N)nsc1NCCC1CCCCC1. The zero-order valence-electron chi connectivity index (χ0n) is 9.96. The maximum Gasteiger partial charge on any atom is 0.142 e. The van der Waals surface area contributed by atoms with Gasteiger partial charge in [-0.2, -0.15) is 4.37 Å². The van der Waals surface area contributed by atoms with Gasteiger partial charge in [0.25, 0.3) is 0 Å². The van der Waals surface area contributed by atoms with E-state index < -0.39 is 0 Å². The Morgan fingerprint density at radius 2 is 2.12 bits per heavy atom. The molecule has 0 atom stereocenters. The van der Waals surface area contributed by atoms with Crippen molar-refractivity contribution in [3.8, 4) is 0 Å². The Morgan fingerprint density at radius 3 is 2.75 bits per heavy atom. The first-order valence-electron chi connectivity index (χ1n) is 6.23. The van der Waals surface area contributed by atoms with Crippen LogP contribution in [0.5, 0.6) is 0 Å². The van der Waals surface area contributed by atoms with Crippen LogP contribution in [0, 0.1) is 12.8 Å². The highest BCUT2D eigenvalue weighted by Crippen LogP contribution is 2.28. The molecular formula is C12H21N3S. The predicted octanol–water partition coefficient (Wildman–Crippen LogP) is 3.42. The van der Waals surface area contributed by atoms with Gasteiger partial charge in [-0.15, -0.1) is 0 Å². The first-order valence-corrected chi connectivity index (χ1v) is 7.00. The summed E-state index contributed by atoms with van der Waals surface area (Å²) in [6.07, 6.45) is 8.43. The maximum atomic E-state index is 5.71. The Kier molecular flexibility index (Phi) is 4.04. The molecule has 1 aromatic rings. The smallest absolute Gasteiger partial charge is 0.142 e. The molecule has 3 nitrogen and oxygen atoms in total. The second-order valence-corrected chi connectivity index (χ2v) is 5.51. The van der Waals surface area contributed by atoms with E-state index in [2.05, 4.69) is 9.69 Å². The molecule has 2 rings (SSSR count). The number of aromatic nitrogens is 1. The van der Waals surface area contributed by atoms with Crippen molar-refractivity contribution in [3.63, 3.8) is 0 Å². The molecule has 1 heterocycles. The van der Waals surface area contributed by atoms with Crippen LogP contribution in [-0.4, -0.2) is 10.9 Å². The Morgan fingerprint density at radius 1 is 1.38 bits per heavy atom. The van der Waals surface area contributed by atoms with Crippen molar-refractivity contribution in [3.05, 3.63) is 5.56 Å². The van der Waals surface area contributed by atoms with E-state index in [1.54, 1.807) is 0 Å². The Balaban J connectivity index is 1.73. The fraction of sp³-hybridized carbons (Fsp3) is 0.750. The molecule has 0 bridgehead atoms. The average molecular weight is 239 g/mol. The molecule has 1 aliphatic carbocycles. The number of nitrogen functional groups attached to an aromatic ring is 1. The fourth-order valence-corrected chi connectivity index (χ4v) is 3.11. The highest BCUT2D eigenvalue weighted by atomic mass is 32.1. The standard InChI is InChI=1S/C12H21N3S/c1-9-11(13)15-16-12(9)14-8-7-10-5-3-2-4-6-10/h10,14H,2-8H2,1H3,(H2,13,15). The van der Waals surface area contributed by atoms with E-state index in [9.17, 15) is 0 Å². The molecule has 0 unspecified atom stereocenters. The van der Waals surface area contributed by atoms with Crippen molar-refractivity contribution >= 4 is 22.4 Å². The lowest BCUT2D eigenvalue weighted by Gasteiger charge is -2.21. The van der Waals surface area contributed by atoms with Crippen LogP contribution in [0.2, 0.25) is 0 Å². The summed E-state index contributed by atoms with van der Waals surface area (Å²) < 4.78 is 4.14. The number of anilines is 2. The quantitative estimate of drug-likeness (QED) is 0.846. The molecule has 1 saturated carbocycles. The van der Waals surface area contributed by atoms with E-state index in [0.29, 0.717) is 5.82 Å². The predicted molar refractivity (Wildman–Crippen MR) is 70.9 cm³/mol. The van der Waals surface area contributed by atoms with Gasteiger partial charge in [-0.3, -0.25) is 0 Å². The normalized spacial score (nSPS) is 17.6. The van der Waals surface area contributed by atoms with Crippen molar-refractivity contribution in [2.45, 2.75) is 45.4 Å². The molecule has 0 aliphatic heterocycles. The summed E-state index contributed by atoms with van der Waals surface area (Å²) in [6.45, 7) is 3.09. The van der Waals surface area contributed by atoms with Crippen molar-refractivity contribution in [1.82, 2.24) is 4.37 Å². The van der Waals surface area contributed by atoms with E-state index >= 15 is 0 Å². The topological polar surface area (TPSA) is 50.9 Å². The minimum Gasteiger partial charge on any atom is -0.383 e. The van der Waals surface area contributed by atoms with Crippen molar-refractivity contribution in [1.29, 1.82) is 0 Å². The number of nitrogens with two attached hydrogens (primary N) is 1. The Labute approximate surface area is 102 Å². The van der Waals surface area contributed by atoms with Gasteiger partial charge in [0.05, 0.1) is 0 Å². The summed E-state index contributed by atoms with van der Waals surface area (Å²) in [5, 5.41) is 4.60.